The van der Waals surface area contributed by atoms with E-state index in [0.29, 0.717) is 6.54 Å². The Kier molecular flexibility index (Phi) is 7.93. The van der Waals surface area contributed by atoms with Gasteiger partial charge in [0.15, 0.2) is 0 Å². The number of nitrogens with zero attached hydrogens (tertiary/aromatic N) is 1. The van der Waals surface area contributed by atoms with Crippen molar-refractivity contribution in [1.29, 1.82) is 0 Å². The Balaban J connectivity index is 2.10. The SMILES string of the molecule is O=C(NCCCN1CCOCC1)N[C@H](CCO)C(=O)O. The molecule has 0 bridgehead atoms. The first-order chi connectivity index (χ1) is 9.63. The molecular weight excluding hydrogens is 266 g/mol. The number of rotatable bonds is 8. The fourth-order valence-electron chi connectivity index (χ4n) is 1.93. The number of urea groups is 1. The summed E-state index contributed by atoms with van der Waals surface area (Å²) in [5.74, 6) is -1.15. The monoisotopic (exact) mass is 289 g/mol. The fraction of sp³-hybridized carbons (Fsp3) is 0.833. The maximum absolute atomic E-state index is 11.5. The van der Waals surface area contributed by atoms with E-state index in [9.17, 15) is 9.59 Å². The van der Waals surface area contributed by atoms with Gasteiger partial charge in [0.2, 0.25) is 0 Å². The molecule has 0 saturated carbocycles. The molecule has 1 saturated heterocycles. The minimum atomic E-state index is -1.15. The van der Waals surface area contributed by atoms with Crippen molar-refractivity contribution in [2.45, 2.75) is 18.9 Å². The van der Waals surface area contributed by atoms with E-state index in [-0.39, 0.29) is 13.0 Å². The molecule has 0 aromatic rings. The van der Waals surface area contributed by atoms with Crippen LogP contribution >= 0.6 is 0 Å². The van der Waals surface area contributed by atoms with Crippen LogP contribution in [0.25, 0.3) is 0 Å². The number of hydrogen-bond acceptors (Lipinski definition) is 5. The van der Waals surface area contributed by atoms with Crippen molar-refractivity contribution in [2.75, 3.05) is 46.0 Å². The van der Waals surface area contributed by atoms with Gasteiger partial charge < -0.3 is 25.6 Å². The third-order valence-electron chi connectivity index (χ3n) is 3.06. The number of carbonyl (C=O) groups is 2. The highest BCUT2D eigenvalue weighted by atomic mass is 16.5. The minimum absolute atomic E-state index is 0.00344. The normalized spacial score (nSPS) is 17.4. The van der Waals surface area contributed by atoms with Crippen LogP contribution in [-0.4, -0.2) is 79.2 Å². The zero-order chi connectivity index (χ0) is 14.8. The fourth-order valence-corrected chi connectivity index (χ4v) is 1.93. The van der Waals surface area contributed by atoms with Crippen LogP contribution in [0.3, 0.4) is 0 Å². The number of aliphatic hydroxyl groups excluding tert-OH is 1. The number of carbonyl (C=O) groups excluding carboxylic acids is 1. The number of aliphatic hydroxyl groups is 1. The zero-order valence-electron chi connectivity index (χ0n) is 11.5. The number of hydrogen-bond donors (Lipinski definition) is 4. The summed E-state index contributed by atoms with van der Waals surface area (Å²) in [6.45, 7) is 4.38. The number of carboxylic acids is 1. The van der Waals surface area contributed by atoms with Crippen LogP contribution in [0, 0.1) is 0 Å². The largest absolute Gasteiger partial charge is 0.480 e. The number of amides is 2. The van der Waals surface area contributed by atoms with Crippen LogP contribution in [0.15, 0.2) is 0 Å². The average molecular weight is 289 g/mol. The van der Waals surface area contributed by atoms with E-state index in [4.69, 9.17) is 14.9 Å². The van der Waals surface area contributed by atoms with Crippen LogP contribution in [0.2, 0.25) is 0 Å². The van der Waals surface area contributed by atoms with Crippen molar-refractivity contribution in [3.63, 3.8) is 0 Å². The van der Waals surface area contributed by atoms with E-state index in [0.717, 1.165) is 39.3 Å². The highest BCUT2D eigenvalue weighted by molar-refractivity contribution is 5.82. The van der Waals surface area contributed by atoms with Gasteiger partial charge in [-0.25, -0.2) is 9.59 Å². The molecule has 1 heterocycles. The Morgan fingerprint density at radius 2 is 2.00 bits per heavy atom. The van der Waals surface area contributed by atoms with E-state index in [2.05, 4.69) is 15.5 Å². The van der Waals surface area contributed by atoms with Gasteiger partial charge >= 0.3 is 12.0 Å². The lowest BCUT2D eigenvalue weighted by molar-refractivity contribution is -0.139. The first kappa shape index (κ1) is 16.7. The summed E-state index contributed by atoms with van der Waals surface area (Å²) in [6, 6.07) is -1.58. The zero-order valence-corrected chi connectivity index (χ0v) is 11.5. The molecule has 20 heavy (non-hydrogen) atoms. The molecule has 1 aliphatic rings. The first-order valence-electron chi connectivity index (χ1n) is 6.81. The Morgan fingerprint density at radius 1 is 1.30 bits per heavy atom. The van der Waals surface area contributed by atoms with Gasteiger partial charge in [0.1, 0.15) is 6.04 Å². The van der Waals surface area contributed by atoms with Crippen molar-refractivity contribution >= 4 is 12.0 Å². The Labute approximate surface area is 118 Å². The molecule has 0 radical (unpaired) electrons. The second-order valence-corrected chi connectivity index (χ2v) is 4.61. The van der Waals surface area contributed by atoms with Gasteiger partial charge in [0.25, 0.3) is 0 Å². The molecule has 8 heteroatoms. The Morgan fingerprint density at radius 3 is 2.60 bits per heavy atom. The molecule has 2 amide bonds. The Bertz CT molecular complexity index is 307. The summed E-state index contributed by atoms with van der Waals surface area (Å²) < 4.78 is 5.24. The number of carboxylic acid groups (broad SMARTS) is 1. The molecule has 0 spiro atoms. The highest BCUT2D eigenvalue weighted by Crippen LogP contribution is 1.97. The van der Waals surface area contributed by atoms with E-state index in [1.54, 1.807) is 0 Å². The molecule has 4 N–H and O–H groups in total. The van der Waals surface area contributed by atoms with Crippen LogP contribution in [0.4, 0.5) is 4.79 Å². The number of ether oxygens (including phenoxy) is 1. The predicted molar refractivity (Wildman–Crippen MR) is 71.5 cm³/mol. The summed E-state index contributed by atoms with van der Waals surface area (Å²) in [6.07, 6.45) is 0.793. The standard InChI is InChI=1S/C12H23N3O5/c16-7-2-10(11(17)18)14-12(19)13-3-1-4-15-5-8-20-9-6-15/h10,16H,1-9H2,(H,17,18)(H2,13,14,19)/t10-/m1/s1. The maximum Gasteiger partial charge on any atom is 0.326 e. The van der Waals surface area contributed by atoms with Crippen molar-refractivity contribution < 1.29 is 24.5 Å². The Hall–Kier alpha value is -1.38. The second-order valence-electron chi connectivity index (χ2n) is 4.61. The molecule has 116 valence electrons. The van der Waals surface area contributed by atoms with Gasteiger partial charge in [0, 0.05) is 32.7 Å². The van der Waals surface area contributed by atoms with E-state index in [1.807, 2.05) is 0 Å². The van der Waals surface area contributed by atoms with Crippen molar-refractivity contribution in [2.24, 2.45) is 0 Å². The van der Waals surface area contributed by atoms with Gasteiger partial charge in [-0.15, -0.1) is 0 Å². The number of aliphatic carboxylic acids is 1. The van der Waals surface area contributed by atoms with Crippen LogP contribution < -0.4 is 10.6 Å². The van der Waals surface area contributed by atoms with Crippen LogP contribution in [-0.2, 0) is 9.53 Å². The van der Waals surface area contributed by atoms with Gasteiger partial charge in [-0.3, -0.25) is 4.90 Å². The smallest absolute Gasteiger partial charge is 0.326 e. The second kappa shape index (κ2) is 9.51. The van der Waals surface area contributed by atoms with Crippen LogP contribution in [0.5, 0.6) is 0 Å². The molecular formula is C12H23N3O5. The predicted octanol–water partition coefficient (Wildman–Crippen LogP) is -1.16. The summed E-state index contributed by atoms with van der Waals surface area (Å²) in [5, 5.41) is 22.5. The lowest BCUT2D eigenvalue weighted by Gasteiger charge is -2.26. The molecule has 0 unspecified atom stereocenters. The third kappa shape index (κ3) is 6.69. The maximum atomic E-state index is 11.5. The van der Waals surface area contributed by atoms with Gasteiger partial charge in [0.05, 0.1) is 13.2 Å². The lowest BCUT2D eigenvalue weighted by atomic mass is 10.2. The lowest BCUT2D eigenvalue weighted by Crippen LogP contribution is -2.47. The minimum Gasteiger partial charge on any atom is -0.480 e. The molecule has 1 atom stereocenters. The first-order valence-corrected chi connectivity index (χ1v) is 6.81. The molecule has 1 rings (SSSR count). The summed E-state index contributed by atoms with van der Waals surface area (Å²) in [4.78, 5) is 24.5. The van der Waals surface area contributed by atoms with Crippen molar-refractivity contribution in [3.05, 3.63) is 0 Å². The summed E-state index contributed by atoms with van der Waals surface area (Å²) in [5.41, 5.74) is 0. The average Bonchev–Trinajstić information content (AvgIpc) is 2.44. The quantitative estimate of drug-likeness (QED) is 0.420. The summed E-state index contributed by atoms with van der Waals surface area (Å²) in [7, 11) is 0. The number of morpholine rings is 1. The van der Waals surface area contributed by atoms with Crippen molar-refractivity contribution in [1.82, 2.24) is 15.5 Å². The molecule has 0 aromatic carbocycles. The van der Waals surface area contributed by atoms with Gasteiger partial charge in [-0.2, -0.15) is 0 Å². The molecule has 1 fully saturated rings. The van der Waals surface area contributed by atoms with E-state index < -0.39 is 18.0 Å². The van der Waals surface area contributed by atoms with E-state index in [1.165, 1.54) is 0 Å². The highest BCUT2D eigenvalue weighted by Gasteiger charge is 2.18. The molecule has 1 aliphatic heterocycles. The van der Waals surface area contributed by atoms with E-state index >= 15 is 0 Å². The van der Waals surface area contributed by atoms with Gasteiger partial charge in [-0.05, 0) is 13.0 Å². The molecule has 0 aromatic heterocycles. The van der Waals surface area contributed by atoms with Crippen molar-refractivity contribution in [3.8, 4) is 0 Å². The topological polar surface area (TPSA) is 111 Å². The number of nitrogens with one attached hydrogen (secondary N) is 2. The van der Waals surface area contributed by atoms with Gasteiger partial charge in [-0.1, -0.05) is 0 Å². The molecule has 0 aliphatic carbocycles. The van der Waals surface area contributed by atoms with Crippen LogP contribution in [0.1, 0.15) is 12.8 Å². The summed E-state index contributed by atoms with van der Waals surface area (Å²) >= 11 is 0. The third-order valence-corrected chi connectivity index (χ3v) is 3.06. The molecule has 8 nitrogen and oxygen atoms in total.